The first-order chi connectivity index (χ1) is 13.9. The Morgan fingerprint density at radius 3 is 2.27 bits per heavy atom. The maximum atomic E-state index is 13.0. The molecule has 0 bridgehead atoms. The highest BCUT2D eigenvalue weighted by Crippen LogP contribution is 2.47. The average molecular weight is 418 g/mol. The molecule has 5 heteroatoms. The van der Waals surface area contributed by atoms with Crippen LogP contribution in [0.25, 0.3) is 0 Å². The van der Waals surface area contributed by atoms with Crippen LogP contribution < -0.4 is 4.74 Å². The highest BCUT2D eigenvalue weighted by Gasteiger charge is 2.43. The van der Waals surface area contributed by atoms with Gasteiger partial charge < -0.3 is 9.47 Å². The van der Waals surface area contributed by atoms with E-state index in [1.165, 1.54) is 11.8 Å². The summed E-state index contributed by atoms with van der Waals surface area (Å²) in [5.74, 6) is 0.922. The zero-order valence-electron chi connectivity index (χ0n) is 19.8. The molecular weight excluding hydrogens is 378 g/mol. The van der Waals surface area contributed by atoms with Crippen LogP contribution in [0.2, 0.25) is 0 Å². The summed E-state index contributed by atoms with van der Waals surface area (Å²) in [6, 6.07) is 7.60. The molecule has 1 aliphatic heterocycles. The first kappa shape index (κ1) is 24.4. The average Bonchev–Trinajstić information content (AvgIpc) is 2.64. The van der Waals surface area contributed by atoms with E-state index in [1.807, 2.05) is 38.1 Å². The van der Waals surface area contributed by atoms with E-state index in [-0.39, 0.29) is 28.9 Å². The summed E-state index contributed by atoms with van der Waals surface area (Å²) in [6.45, 7) is 15.1. The van der Waals surface area contributed by atoms with Crippen LogP contribution in [0.1, 0.15) is 79.7 Å². The van der Waals surface area contributed by atoms with Crippen molar-refractivity contribution in [1.82, 2.24) is 4.90 Å². The predicted molar refractivity (Wildman–Crippen MR) is 119 cm³/mol. The summed E-state index contributed by atoms with van der Waals surface area (Å²) in [5, 5.41) is 0. The lowest BCUT2D eigenvalue weighted by Crippen LogP contribution is -2.45. The molecule has 0 aromatic heterocycles. The van der Waals surface area contributed by atoms with Gasteiger partial charge in [-0.15, -0.1) is 0 Å². The van der Waals surface area contributed by atoms with Crippen LogP contribution in [0.5, 0.6) is 5.75 Å². The minimum Gasteiger partial charge on any atom is -0.491 e. The second-order valence-corrected chi connectivity index (χ2v) is 9.86. The summed E-state index contributed by atoms with van der Waals surface area (Å²) in [4.78, 5) is 26.6. The van der Waals surface area contributed by atoms with Crippen molar-refractivity contribution in [3.63, 3.8) is 0 Å². The Bertz CT molecular complexity index is 723. The van der Waals surface area contributed by atoms with Gasteiger partial charge in [-0.1, -0.05) is 26.0 Å². The van der Waals surface area contributed by atoms with Gasteiger partial charge in [0.2, 0.25) is 11.8 Å². The molecule has 30 heavy (non-hydrogen) atoms. The first-order valence-electron chi connectivity index (χ1n) is 11.1. The quantitative estimate of drug-likeness (QED) is 0.571. The molecule has 0 spiro atoms. The van der Waals surface area contributed by atoms with Gasteiger partial charge in [0, 0.05) is 20.0 Å². The highest BCUT2D eigenvalue weighted by atomic mass is 16.5. The topological polar surface area (TPSA) is 55.8 Å². The Labute approximate surface area is 182 Å². The molecule has 2 amide bonds. The summed E-state index contributed by atoms with van der Waals surface area (Å²) in [6.07, 6.45) is 3.15. The lowest BCUT2D eigenvalue weighted by atomic mass is 9.64. The maximum absolute atomic E-state index is 13.0. The van der Waals surface area contributed by atoms with Gasteiger partial charge in [0.05, 0.1) is 18.2 Å². The Balaban J connectivity index is 2.05. The molecule has 5 nitrogen and oxygen atoms in total. The van der Waals surface area contributed by atoms with Crippen molar-refractivity contribution < 1.29 is 19.1 Å². The molecule has 0 radical (unpaired) electrons. The minimum atomic E-state index is -0.214. The molecule has 0 N–H and O–H groups in total. The molecule has 1 fully saturated rings. The van der Waals surface area contributed by atoms with Gasteiger partial charge in [0.1, 0.15) is 5.75 Å². The summed E-state index contributed by atoms with van der Waals surface area (Å²) in [5.41, 5.74) is 0.807. The normalized spacial score (nSPS) is 21.0. The van der Waals surface area contributed by atoms with Gasteiger partial charge in [0.15, 0.2) is 0 Å². The van der Waals surface area contributed by atoms with E-state index in [9.17, 15) is 9.59 Å². The van der Waals surface area contributed by atoms with Crippen LogP contribution in [0.4, 0.5) is 0 Å². The molecule has 0 aliphatic carbocycles. The van der Waals surface area contributed by atoms with Crippen molar-refractivity contribution in [1.29, 1.82) is 0 Å². The minimum absolute atomic E-state index is 0.0652. The molecule has 1 aliphatic rings. The van der Waals surface area contributed by atoms with Gasteiger partial charge in [-0.2, -0.15) is 0 Å². The van der Waals surface area contributed by atoms with Gasteiger partial charge in [-0.25, -0.2) is 0 Å². The van der Waals surface area contributed by atoms with Crippen LogP contribution >= 0.6 is 0 Å². The van der Waals surface area contributed by atoms with Crippen LogP contribution in [-0.2, 0) is 20.9 Å². The third-order valence-electron chi connectivity index (χ3n) is 6.25. The number of imide groups is 1. The Morgan fingerprint density at radius 1 is 1.13 bits per heavy atom. The van der Waals surface area contributed by atoms with E-state index in [0.29, 0.717) is 18.9 Å². The molecule has 0 unspecified atom stereocenters. The summed E-state index contributed by atoms with van der Waals surface area (Å²) < 4.78 is 11.6. The maximum Gasteiger partial charge on any atom is 0.229 e. The monoisotopic (exact) mass is 417 g/mol. The van der Waals surface area contributed by atoms with E-state index in [0.717, 1.165) is 37.2 Å². The van der Waals surface area contributed by atoms with E-state index < -0.39 is 0 Å². The second kappa shape index (κ2) is 9.95. The number of amides is 2. The number of ether oxygens (including phenoxy) is 2. The zero-order chi connectivity index (χ0) is 22.5. The second-order valence-electron chi connectivity index (χ2n) is 9.86. The fraction of sp³-hybridized carbons (Fsp3) is 0.680. The van der Waals surface area contributed by atoms with Crippen molar-refractivity contribution in [2.24, 2.45) is 11.3 Å². The van der Waals surface area contributed by atoms with Crippen molar-refractivity contribution in [3.05, 3.63) is 29.8 Å². The largest absolute Gasteiger partial charge is 0.491 e. The van der Waals surface area contributed by atoms with Crippen LogP contribution in [0.3, 0.4) is 0 Å². The third-order valence-corrected chi connectivity index (χ3v) is 6.25. The molecule has 1 aromatic carbocycles. The zero-order valence-corrected chi connectivity index (χ0v) is 19.8. The van der Waals surface area contributed by atoms with E-state index >= 15 is 0 Å². The predicted octanol–water partition coefficient (Wildman–Crippen LogP) is 5.36. The Morgan fingerprint density at radius 2 is 1.77 bits per heavy atom. The number of benzene rings is 1. The van der Waals surface area contributed by atoms with Crippen molar-refractivity contribution in [2.45, 2.75) is 92.4 Å². The molecule has 1 aromatic rings. The van der Waals surface area contributed by atoms with E-state index in [4.69, 9.17) is 9.47 Å². The third kappa shape index (κ3) is 6.56. The summed E-state index contributed by atoms with van der Waals surface area (Å²) >= 11 is 0. The Kier molecular flexibility index (Phi) is 8.09. The number of carbonyl (C=O) groups is 2. The molecule has 168 valence electrons. The number of hydrogen-bond acceptors (Lipinski definition) is 4. The van der Waals surface area contributed by atoms with Gasteiger partial charge in [-0.05, 0) is 76.0 Å². The van der Waals surface area contributed by atoms with Crippen molar-refractivity contribution >= 4 is 11.8 Å². The molecule has 1 saturated heterocycles. The van der Waals surface area contributed by atoms with Crippen LogP contribution in [0.15, 0.2) is 24.3 Å². The molecule has 1 heterocycles. The SMILES string of the molecule is CC(=O)N(Cc1ccc(OC(C)C)cc1)C(=O)CC[C@@]1(C(C)C)CCOC(C)(C)C1. The van der Waals surface area contributed by atoms with Crippen LogP contribution in [0, 0.1) is 11.3 Å². The van der Waals surface area contributed by atoms with Crippen LogP contribution in [-0.4, -0.2) is 35.0 Å². The first-order valence-corrected chi connectivity index (χ1v) is 11.1. The molecule has 2 rings (SSSR count). The number of carbonyl (C=O) groups excluding carboxylic acids is 2. The fourth-order valence-corrected chi connectivity index (χ4v) is 4.51. The summed E-state index contributed by atoms with van der Waals surface area (Å²) in [7, 11) is 0. The van der Waals surface area contributed by atoms with Crippen molar-refractivity contribution in [2.75, 3.05) is 6.61 Å². The van der Waals surface area contributed by atoms with Crippen molar-refractivity contribution in [3.8, 4) is 5.75 Å². The number of rotatable bonds is 8. The van der Waals surface area contributed by atoms with E-state index in [2.05, 4.69) is 27.7 Å². The van der Waals surface area contributed by atoms with Gasteiger partial charge in [-0.3, -0.25) is 14.5 Å². The highest BCUT2D eigenvalue weighted by molar-refractivity contribution is 5.94. The smallest absolute Gasteiger partial charge is 0.229 e. The lowest BCUT2D eigenvalue weighted by molar-refractivity contribution is -0.147. The van der Waals surface area contributed by atoms with Gasteiger partial charge in [0.25, 0.3) is 0 Å². The van der Waals surface area contributed by atoms with E-state index in [1.54, 1.807) is 0 Å². The number of hydrogen-bond donors (Lipinski definition) is 0. The van der Waals surface area contributed by atoms with Gasteiger partial charge >= 0.3 is 0 Å². The Hall–Kier alpha value is -1.88. The fourth-order valence-electron chi connectivity index (χ4n) is 4.51. The molecule has 0 saturated carbocycles. The number of nitrogens with zero attached hydrogens (tertiary/aromatic N) is 1. The molecule has 1 atom stereocenters. The lowest BCUT2D eigenvalue weighted by Gasteiger charge is -2.48. The molecular formula is C25H39NO4. The standard InChI is InChI=1S/C25H39NO4/c1-18(2)25(14-15-29-24(6,7)17-25)13-12-23(28)26(20(5)27)16-21-8-10-22(11-9-21)30-19(3)4/h8-11,18-19H,12-17H2,1-7H3/t25-/m1/s1.